The summed E-state index contributed by atoms with van der Waals surface area (Å²) in [6, 6.07) is 8.21. The molecule has 1 aliphatic rings. The van der Waals surface area contributed by atoms with Crippen LogP contribution < -0.4 is 10.2 Å². The molecule has 1 amide bonds. The number of likely N-dealkylation sites (N-methyl/N-ethyl adjacent to an activating group) is 2. The number of aryl methyl sites for hydroxylation is 1. The number of piperazine rings is 1. The topological polar surface area (TPSA) is 35.6 Å². The number of para-hydroxylation sites is 1. The Balaban J connectivity index is 2.33. The molecule has 104 valence electrons. The van der Waals surface area contributed by atoms with Crippen LogP contribution in [0.3, 0.4) is 0 Å². The second-order valence-corrected chi connectivity index (χ2v) is 5.36. The van der Waals surface area contributed by atoms with Crippen LogP contribution in [-0.2, 0) is 4.79 Å². The summed E-state index contributed by atoms with van der Waals surface area (Å²) in [5, 5.41) is 3.11. The largest absolute Gasteiger partial charge is 0.318 e. The zero-order valence-electron chi connectivity index (χ0n) is 12.2. The first kappa shape index (κ1) is 14.0. The molecule has 2 rings (SSSR count). The zero-order chi connectivity index (χ0) is 14.0. The number of amides is 1. The van der Waals surface area contributed by atoms with Crippen molar-refractivity contribution in [3.8, 4) is 0 Å². The molecule has 1 fully saturated rings. The van der Waals surface area contributed by atoms with Crippen LogP contribution in [-0.4, -0.2) is 50.1 Å². The number of anilines is 1. The van der Waals surface area contributed by atoms with Crippen molar-refractivity contribution < 1.29 is 4.79 Å². The average molecular weight is 261 g/mol. The first-order valence-electron chi connectivity index (χ1n) is 6.79. The van der Waals surface area contributed by atoms with Crippen LogP contribution in [0.15, 0.2) is 24.3 Å². The van der Waals surface area contributed by atoms with Crippen molar-refractivity contribution in [2.45, 2.75) is 25.9 Å². The van der Waals surface area contributed by atoms with E-state index >= 15 is 0 Å². The van der Waals surface area contributed by atoms with E-state index in [1.807, 2.05) is 37.2 Å². The van der Waals surface area contributed by atoms with Crippen molar-refractivity contribution in [3.05, 3.63) is 29.8 Å². The van der Waals surface area contributed by atoms with Gasteiger partial charge in [-0.1, -0.05) is 18.2 Å². The second kappa shape index (κ2) is 5.72. The molecular formula is C15H23N3O. The Morgan fingerprint density at radius 1 is 1.37 bits per heavy atom. The first-order chi connectivity index (χ1) is 9.06. The molecule has 0 bridgehead atoms. The minimum absolute atomic E-state index is 0.0826. The predicted octanol–water partition coefficient (Wildman–Crippen LogP) is 1.25. The van der Waals surface area contributed by atoms with Crippen LogP contribution in [0.4, 0.5) is 5.69 Å². The van der Waals surface area contributed by atoms with E-state index in [2.05, 4.69) is 30.1 Å². The van der Waals surface area contributed by atoms with Gasteiger partial charge in [0.1, 0.15) is 6.04 Å². The number of rotatable bonds is 3. The van der Waals surface area contributed by atoms with E-state index in [0.29, 0.717) is 6.54 Å². The minimum Gasteiger partial charge on any atom is -0.318 e. The summed E-state index contributed by atoms with van der Waals surface area (Å²) in [6.45, 7) is 5.74. The Bertz CT molecular complexity index is 460. The third kappa shape index (κ3) is 2.65. The predicted molar refractivity (Wildman–Crippen MR) is 78.5 cm³/mol. The van der Waals surface area contributed by atoms with Crippen molar-refractivity contribution >= 4 is 11.6 Å². The monoisotopic (exact) mass is 261 g/mol. The Hall–Kier alpha value is -1.39. The van der Waals surface area contributed by atoms with Gasteiger partial charge in [-0.3, -0.25) is 9.69 Å². The van der Waals surface area contributed by atoms with Crippen LogP contribution >= 0.6 is 0 Å². The number of nitrogens with one attached hydrogen (secondary N) is 1. The van der Waals surface area contributed by atoms with E-state index in [9.17, 15) is 4.79 Å². The van der Waals surface area contributed by atoms with Gasteiger partial charge in [-0.2, -0.15) is 0 Å². The summed E-state index contributed by atoms with van der Waals surface area (Å²) in [4.78, 5) is 16.8. The van der Waals surface area contributed by atoms with Gasteiger partial charge in [-0.25, -0.2) is 0 Å². The molecule has 0 aliphatic carbocycles. The Kier molecular flexibility index (Phi) is 4.22. The van der Waals surface area contributed by atoms with Crippen molar-refractivity contribution in [2.75, 3.05) is 32.1 Å². The van der Waals surface area contributed by atoms with Gasteiger partial charge < -0.3 is 10.2 Å². The quantitative estimate of drug-likeness (QED) is 0.889. The maximum Gasteiger partial charge on any atom is 0.245 e. The fraction of sp³-hybridized carbons (Fsp3) is 0.533. The molecule has 4 heteroatoms. The second-order valence-electron chi connectivity index (χ2n) is 5.36. The van der Waals surface area contributed by atoms with Crippen molar-refractivity contribution in [1.82, 2.24) is 10.2 Å². The molecule has 19 heavy (non-hydrogen) atoms. The molecule has 1 aliphatic heterocycles. The maximum atomic E-state index is 12.7. The van der Waals surface area contributed by atoms with Crippen molar-refractivity contribution in [2.24, 2.45) is 0 Å². The van der Waals surface area contributed by atoms with Gasteiger partial charge in [0.15, 0.2) is 0 Å². The van der Waals surface area contributed by atoms with Crippen molar-refractivity contribution in [1.29, 1.82) is 0 Å². The Morgan fingerprint density at radius 2 is 2.05 bits per heavy atom. The summed E-state index contributed by atoms with van der Waals surface area (Å²) in [7, 11) is 3.91. The van der Waals surface area contributed by atoms with Crippen LogP contribution in [0.2, 0.25) is 0 Å². The molecule has 1 aromatic rings. The molecule has 1 N–H and O–H groups in total. The van der Waals surface area contributed by atoms with E-state index in [1.54, 1.807) is 0 Å². The highest BCUT2D eigenvalue weighted by Gasteiger charge is 2.37. The normalized spacial score (nSPS) is 24.8. The molecular weight excluding hydrogens is 238 g/mol. The fourth-order valence-corrected chi connectivity index (χ4v) is 2.82. The molecule has 2 atom stereocenters. The third-order valence-corrected chi connectivity index (χ3v) is 3.82. The first-order valence-corrected chi connectivity index (χ1v) is 6.79. The Morgan fingerprint density at radius 3 is 2.68 bits per heavy atom. The number of nitrogens with zero attached hydrogens (tertiary/aromatic N) is 2. The average Bonchev–Trinajstić information content (AvgIpc) is 2.36. The van der Waals surface area contributed by atoms with E-state index in [1.165, 1.54) is 0 Å². The van der Waals surface area contributed by atoms with Gasteiger partial charge in [-0.15, -0.1) is 0 Å². The van der Waals surface area contributed by atoms with Gasteiger partial charge in [0.2, 0.25) is 5.91 Å². The SMILES string of the molecule is CNCC1C(=O)N(c2ccccc2C)C(C)CN1C. The van der Waals surface area contributed by atoms with E-state index < -0.39 is 0 Å². The fourth-order valence-electron chi connectivity index (χ4n) is 2.82. The lowest BCUT2D eigenvalue weighted by molar-refractivity contribution is -0.126. The smallest absolute Gasteiger partial charge is 0.245 e. The summed E-state index contributed by atoms with van der Waals surface area (Å²) < 4.78 is 0. The third-order valence-electron chi connectivity index (χ3n) is 3.82. The van der Waals surface area contributed by atoms with Crippen LogP contribution in [0.1, 0.15) is 12.5 Å². The minimum atomic E-state index is -0.0826. The van der Waals surface area contributed by atoms with Crippen LogP contribution in [0, 0.1) is 6.92 Å². The number of hydrogen-bond donors (Lipinski definition) is 1. The molecule has 0 radical (unpaired) electrons. The number of hydrogen-bond acceptors (Lipinski definition) is 3. The van der Waals surface area contributed by atoms with Gasteiger partial charge in [0, 0.05) is 24.8 Å². The lowest BCUT2D eigenvalue weighted by Crippen LogP contribution is -2.62. The maximum absolute atomic E-state index is 12.7. The highest BCUT2D eigenvalue weighted by molar-refractivity contribution is 5.99. The van der Waals surface area contributed by atoms with Gasteiger partial charge in [-0.05, 0) is 39.6 Å². The molecule has 4 nitrogen and oxygen atoms in total. The molecule has 0 aromatic heterocycles. The lowest BCUT2D eigenvalue weighted by Gasteiger charge is -2.43. The zero-order valence-corrected chi connectivity index (χ0v) is 12.2. The molecule has 2 unspecified atom stereocenters. The van der Waals surface area contributed by atoms with E-state index in [-0.39, 0.29) is 18.0 Å². The Labute approximate surface area is 115 Å². The summed E-state index contributed by atoms with van der Waals surface area (Å²) in [5.74, 6) is 0.185. The molecule has 1 saturated heterocycles. The van der Waals surface area contributed by atoms with Crippen LogP contribution in [0.5, 0.6) is 0 Å². The van der Waals surface area contributed by atoms with Gasteiger partial charge >= 0.3 is 0 Å². The standard InChI is InChI=1S/C15H23N3O/c1-11-7-5-6-8-13(11)18-12(2)10-17(4)14(9-16-3)15(18)19/h5-8,12,14,16H,9-10H2,1-4H3. The number of benzene rings is 1. The molecule has 1 heterocycles. The number of carbonyl (C=O) groups excluding carboxylic acids is 1. The van der Waals surface area contributed by atoms with E-state index in [4.69, 9.17) is 0 Å². The van der Waals surface area contributed by atoms with Crippen molar-refractivity contribution in [3.63, 3.8) is 0 Å². The molecule has 1 aromatic carbocycles. The summed E-state index contributed by atoms with van der Waals surface area (Å²) in [6.07, 6.45) is 0. The molecule has 0 saturated carbocycles. The lowest BCUT2D eigenvalue weighted by atomic mass is 10.0. The number of carbonyl (C=O) groups is 1. The van der Waals surface area contributed by atoms with Gasteiger partial charge in [0.25, 0.3) is 0 Å². The van der Waals surface area contributed by atoms with Crippen LogP contribution in [0.25, 0.3) is 0 Å². The summed E-state index contributed by atoms with van der Waals surface area (Å²) in [5.41, 5.74) is 2.18. The van der Waals surface area contributed by atoms with Gasteiger partial charge in [0.05, 0.1) is 0 Å². The van der Waals surface area contributed by atoms with E-state index in [0.717, 1.165) is 17.8 Å². The molecule has 0 spiro atoms. The highest BCUT2D eigenvalue weighted by atomic mass is 16.2. The highest BCUT2D eigenvalue weighted by Crippen LogP contribution is 2.26. The summed E-state index contributed by atoms with van der Waals surface area (Å²) >= 11 is 0.